The number of hydrogen-bond donors (Lipinski definition) is 1. The minimum Gasteiger partial charge on any atom is -0.404 e. The van der Waals surface area contributed by atoms with Gasteiger partial charge in [-0.15, -0.1) is 0 Å². The Morgan fingerprint density at radius 3 is 1.71 bits per heavy atom. The van der Waals surface area contributed by atoms with Gasteiger partial charge in [-0.3, -0.25) is 4.99 Å². The molecule has 1 heterocycles. The minimum absolute atomic E-state index is 0.129. The average molecular weight is 628 g/mol. The van der Waals surface area contributed by atoms with Gasteiger partial charge in [-0.25, -0.2) is 0 Å². The average Bonchev–Trinajstić information content (AvgIpc) is 3.43. The van der Waals surface area contributed by atoms with Crippen LogP contribution in [0.2, 0.25) is 0 Å². The number of aromatic nitrogens is 1. The summed E-state index contributed by atoms with van der Waals surface area (Å²) in [5.74, 6) is 0.282. The summed E-state index contributed by atoms with van der Waals surface area (Å²) in [4.78, 5) is 5.44. The Morgan fingerprint density at radius 2 is 1.04 bits per heavy atom. The number of nitrogens with two attached hydrogens (primary N) is 1. The number of hydrogen-bond acceptors (Lipinski definition) is 2. The number of aliphatic imine (C=N–C) groups is 1. The van der Waals surface area contributed by atoms with E-state index in [1.165, 1.54) is 66.0 Å². The molecule has 0 saturated heterocycles. The Labute approximate surface area is 285 Å². The highest BCUT2D eigenvalue weighted by atomic mass is 15.1. The molecule has 2 N–H and O–H groups in total. The number of benzene rings is 7. The van der Waals surface area contributed by atoms with Crippen LogP contribution in [0.15, 0.2) is 169 Å². The fourth-order valence-electron chi connectivity index (χ4n) is 8.78. The molecule has 0 saturated carbocycles. The third kappa shape index (κ3) is 4.06. The van der Waals surface area contributed by atoms with Crippen LogP contribution in [0.3, 0.4) is 0 Å². The molecule has 3 heteroatoms. The molecular formula is C46H33N3. The van der Waals surface area contributed by atoms with Crippen molar-refractivity contribution in [3.63, 3.8) is 0 Å². The number of fused-ring (bicyclic) bond motifs is 3. The van der Waals surface area contributed by atoms with Crippen molar-refractivity contribution in [3.05, 3.63) is 197 Å². The van der Waals surface area contributed by atoms with Crippen molar-refractivity contribution in [1.82, 2.24) is 4.57 Å². The third-order valence-corrected chi connectivity index (χ3v) is 10.8. The molecule has 232 valence electrons. The van der Waals surface area contributed by atoms with Crippen molar-refractivity contribution >= 4 is 43.9 Å². The van der Waals surface area contributed by atoms with E-state index in [2.05, 4.69) is 162 Å². The van der Waals surface area contributed by atoms with Crippen LogP contribution in [0.1, 0.15) is 45.2 Å². The molecule has 0 amide bonds. The lowest BCUT2D eigenvalue weighted by Crippen LogP contribution is -2.15. The van der Waals surface area contributed by atoms with Gasteiger partial charge in [0.2, 0.25) is 0 Å². The van der Waals surface area contributed by atoms with Crippen LogP contribution in [0, 0.1) is 0 Å². The first-order valence-corrected chi connectivity index (χ1v) is 17.0. The largest absolute Gasteiger partial charge is 0.404 e. The van der Waals surface area contributed by atoms with Crippen molar-refractivity contribution in [3.8, 4) is 11.1 Å². The van der Waals surface area contributed by atoms with E-state index in [9.17, 15) is 0 Å². The Hall–Kier alpha value is -6.19. The molecule has 10 rings (SSSR count). The molecule has 7 aromatic carbocycles. The van der Waals surface area contributed by atoms with Gasteiger partial charge in [0, 0.05) is 39.9 Å². The van der Waals surface area contributed by atoms with Gasteiger partial charge in [0.05, 0.1) is 16.7 Å². The van der Waals surface area contributed by atoms with E-state index >= 15 is 0 Å². The molecular weight excluding hydrogens is 595 g/mol. The number of nitrogens with zero attached hydrogens (tertiary/aromatic N) is 2. The maximum absolute atomic E-state index is 6.38. The summed E-state index contributed by atoms with van der Waals surface area (Å²) in [6, 6.07) is 57.5. The SMILES string of the molecule is N/C=C1\C(=N/Cn2c3cccc4c3c3c5c(cccc5ccc32)C(c2ccccc2)C4c2ccccc2)c2ccccc2-c2ccccc21. The van der Waals surface area contributed by atoms with Crippen molar-refractivity contribution in [2.75, 3.05) is 0 Å². The Balaban J connectivity index is 1.26. The highest BCUT2D eigenvalue weighted by Crippen LogP contribution is 2.53. The molecule has 2 unspecified atom stereocenters. The van der Waals surface area contributed by atoms with Crippen molar-refractivity contribution < 1.29 is 0 Å². The van der Waals surface area contributed by atoms with Crippen LogP contribution >= 0.6 is 0 Å². The van der Waals surface area contributed by atoms with Gasteiger partial charge >= 0.3 is 0 Å². The van der Waals surface area contributed by atoms with Gasteiger partial charge in [-0.2, -0.15) is 0 Å². The van der Waals surface area contributed by atoms with Crippen LogP contribution < -0.4 is 5.73 Å². The minimum atomic E-state index is 0.129. The predicted octanol–water partition coefficient (Wildman–Crippen LogP) is 10.7. The van der Waals surface area contributed by atoms with Gasteiger partial charge in [-0.05, 0) is 61.8 Å². The van der Waals surface area contributed by atoms with Crippen LogP contribution in [0.4, 0.5) is 0 Å². The summed E-state index contributed by atoms with van der Waals surface area (Å²) < 4.78 is 2.42. The van der Waals surface area contributed by atoms with Gasteiger partial charge in [-0.1, -0.05) is 146 Å². The zero-order valence-corrected chi connectivity index (χ0v) is 26.9. The first-order valence-electron chi connectivity index (χ1n) is 17.0. The summed E-state index contributed by atoms with van der Waals surface area (Å²) >= 11 is 0. The Kier molecular flexibility index (Phi) is 6.22. The van der Waals surface area contributed by atoms with E-state index in [1.807, 2.05) is 0 Å². The Bertz CT molecular complexity index is 2640. The second kappa shape index (κ2) is 10.9. The maximum Gasteiger partial charge on any atom is 0.115 e. The summed E-state index contributed by atoms with van der Waals surface area (Å²) in [5, 5.41) is 5.26. The van der Waals surface area contributed by atoms with Gasteiger partial charge in [0.25, 0.3) is 0 Å². The van der Waals surface area contributed by atoms with Crippen LogP contribution in [-0.2, 0) is 6.67 Å². The summed E-state index contributed by atoms with van der Waals surface area (Å²) in [6.07, 6.45) is 1.73. The van der Waals surface area contributed by atoms with E-state index in [1.54, 1.807) is 6.20 Å². The predicted molar refractivity (Wildman–Crippen MR) is 204 cm³/mol. The molecule has 2 aliphatic carbocycles. The second-order valence-electron chi connectivity index (χ2n) is 13.2. The molecule has 8 aromatic rings. The van der Waals surface area contributed by atoms with E-state index in [4.69, 9.17) is 10.7 Å². The topological polar surface area (TPSA) is 43.3 Å². The second-order valence-corrected chi connectivity index (χ2v) is 13.2. The zero-order valence-electron chi connectivity index (χ0n) is 26.9. The fourth-order valence-corrected chi connectivity index (χ4v) is 8.78. The maximum atomic E-state index is 6.38. The summed E-state index contributed by atoms with van der Waals surface area (Å²) in [7, 11) is 0. The van der Waals surface area contributed by atoms with Gasteiger partial charge in [0.1, 0.15) is 6.67 Å². The first-order chi connectivity index (χ1) is 24.3. The first kappa shape index (κ1) is 27.9. The highest BCUT2D eigenvalue weighted by Gasteiger charge is 2.35. The lowest BCUT2D eigenvalue weighted by molar-refractivity contribution is 0.705. The summed E-state index contributed by atoms with van der Waals surface area (Å²) in [5.41, 5.74) is 20.7. The van der Waals surface area contributed by atoms with Crippen LogP contribution in [0.25, 0.3) is 49.3 Å². The highest BCUT2D eigenvalue weighted by molar-refractivity contribution is 6.36. The molecule has 3 nitrogen and oxygen atoms in total. The molecule has 2 aliphatic rings. The van der Waals surface area contributed by atoms with Crippen molar-refractivity contribution in [2.45, 2.75) is 18.5 Å². The number of rotatable bonds is 4. The third-order valence-electron chi connectivity index (χ3n) is 10.8. The molecule has 0 fully saturated rings. The van der Waals surface area contributed by atoms with E-state index in [0.29, 0.717) is 6.67 Å². The quantitative estimate of drug-likeness (QED) is 0.207. The molecule has 2 atom stereocenters. The molecule has 0 radical (unpaired) electrons. The lowest BCUT2D eigenvalue weighted by Gasteiger charge is -2.29. The van der Waals surface area contributed by atoms with E-state index in [-0.39, 0.29) is 11.8 Å². The molecule has 0 spiro atoms. The van der Waals surface area contributed by atoms with Crippen molar-refractivity contribution in [1.29, 1.82) is 0 Å². The molecule has 0 bridgehead atoms. The Morgan fingerprint density at radius 1 is 0.490 bits per heavy atom. The molecule has 49 heavy (non-hydrogen) atoms. The van der Waals surface area contributed by atoms with Crippen LogP contribution in [0.5, 0.6) is 0 Å². The fraction of sp³-hybridized carbons (Fsp3) is 0.0652. The van der Waals surface area contributed by atoms with Crippen LogP contribution in [-0.4, -0.2) is 10.3 Å². The molecule has 1 aromatic heterocycles. The monoisotopic (exact) mass is 627 g/mol. The standard InChI is InChI=1S/C46H33N3/c47-27-38-34-20-8-7-18-32(34)33-19-9-10-21-35(33)46(38)48-28-49-39-24-12-23-37-42(30-15-5-2-6-16-30)41(29-13-3-1-4-14-29)36-22-11-17-31-25-26-40(49)45(43(31)36)44(37)39/h1-27,41-42H,28,47H2/b38-27-,48-46-. The molecule has 0 aliphatic heterocycles. The van der Waals surface area contributed by atoms with E-state index < -0.39 is 0 Å². The van der Waals surface area contributed by atoms with Crippen molar-refractivity contribution in [2.24, 2.45) is 10.7 Å². The normalized spacial score (nSPS) is 18.0. The summed E-state index contributed by atoms with van der Waals surface area (Å²) in [6.45, 7) is 0.471. The number of allylic oxidation sites excluding steroid dienone is 1. The smallest absolute Gasteiger partial charge is 0.115 e. The zero-order chi connectivity index (χ0) is 32.5. The van der Waals surface area contributed by atoms with E-state index in [0.717, 1.165) is 22.4 Å². The lowest BCUT2D eigenvalue weighted by atomic mass is 9.73. The van der Waals surface area contributed by atoms with Gasteiger partial charge < -0.3 is 10.3 Å². The van der Waals surface area contributed by atoms with Gasteiger partial charge in [0.15, 0.2) is 0 Å².